The molecule has 0 spiro atoms. The average Bonchev–Trinajstić information content (AvgIpc) is 2.90. The molecule has 5 heteroatoms. The Morgan fingerprint density at radius 2 is 2.17 bits per heavy atom. The number of hydrogen-bond donors (Lipinski definition) is 1. The second-order valence-corrected chi connectivity index (χ2v) is 5.27. The molecule has 2 aromatic rings. The zero-order valence-electron chi connectivity index (χ0n) is 11.3. The van der Waals surface area contributed by atoms with Crippen LogP contribution in [-0.4, -0.2) is 19.3 Å². The highest BCUT2D eigenvalue weighted by atomic mass is 15.4. The summed E-state index contributed by atoms with van der Waals surface area (Å²) >= 11 is 0. The van der Waals surface area contributed by atoms with Gasteiger partial charge in [0.05, 0.1) is 5.69 Å². The molecule has 1 fully saturated rings. The largest absolute Gasteiger partial charge is 0.369 e. The van der Waals surface area contributed by atoms with Crippen LogP contribution in [0.15, 0.2) is 0 Å². The number of fused-ring (bicyclic) bond motifs is 1. The number of aryl methyl sites for hydroxylation is 2. The highest BCUT2D eigenvalue weighted by Crippen LogP contribution is 2.48. The minimum Gasteiger partial charge on any atom is -0.369 e. The van der Waals surface area contributed by atoms with Crippen molar-refractivity contribution in [3.05, 3.63) is 5.69 Å². The van der Waals surface area contributed by atoms with Gasteiger partial charge in [-0.25, -0.2) is 9.67 Å². The molecule has 2 heterocycles. The van der Waals surface area contributed by atoms with Crippen LogP contribution in [0.2, 0.25) is 0 Å². The first-order valence-electron chi connectivity index (χ1n) is 6.88. The molecule has 0 saturated heterocycles. The third-order valence-corrected chi connectivity index (χ3v) is 3.95. The number of nitrogens with zero attached hydrogens (tertiary/aromatic N) is 4. The van der Waals surface area contributed by atoms with Crippen LogP contribution in [0.1, 0.15) is 44.8 Å². The van der Waals surface area contributed by atoms with Crippen molar-refractivity contribution in [2.75, 3.05) is 5.73 Å². The fourth-order valence-electron chi connectivity index (χ4n) is 2.98. The Kier molecular flexibility index (Phi) is 2.57. The lowest BCUT2D eigenvalue weighted by Crippen LogP contribution is -2.08. The van der Waals surface area contributed by atoms with Gasteiger partial charge >= 0.3 is 0 Å². The summed E-state index contributed by atoms with van der Waals surface area (Å²) in [7, 11) is 0. The standard InChI is InChI=1S/C13H21N5/c1-4-6-9-7-10(9)18-12-11(15-13(18)14)8(3)16-17(12)5-2/h9-10H,4-7H2,1-3H3,(H2,14,15). The molecule has 3 rings (SSSR count). The lowest BCUT2D eigenvalue weighted by molar-refractivity contribution is 0.595. The first-order valence-corrected chi connectivity index (χ1v) is 6.88. The Bertz CT molecular complexity index is 580. The Hall–Kier alpha value is -1.52. The highest BCUT2D eigenvalue weighted by Gasteiger charge is 2.40. The summed E-state index contributed by atoms with van der Waals surface area (Å²) in [6.45, 7) is 7.21. The van der Waals surface area contributed by atoms with Crippen molar-refractivity contribution in [3.63, 3.8) is 0 Å². The summed E-state index contributed by atoms with van der Waals surface area (Å²) in [4.78, 5) is 4.49. The van der Waals surface area contributed by atoms with Gasteiger partial charge in [0.25, 0.3) is 0 Å². The van der Waals surface area contributed by atoms with Gasteiger partial charge in [0.2, 0.25) is 5.95 Å². The molecular weight excluding hydrogens is 226 g/mol. The van der Waals surface area contributed by atoms with E-state index in [1.807, 2.05) is 11.6 Å². The van der Waals surface area contributed by atoms with Crippen LogP contribution in [-0.2, 0) is 6.54 Å². The van der Waals surface area contributed by atoms with Gasteiger partial charge in [-0.05, 0) is 32.6 Å². The Balaban J connectivity index is 2.08. The quantitative estimate of drug-likeness (QED) is 0.903. The molecule has 2 N–H and O–H groups in total. The summed E-state index contributed by atoms with van der Waals surface area (Å²) in [5.41, 5.74) is 9.15. The maximum atomic E-state index is 6.10. The number of aromatic nitrogens is 4. The van der Waals surface area contributed by atoms with Gasteiger partial charge in [0.1, 0.15) is 5.52 Å². The zero-order valence-corrected chi connectivity index (χ0v) is 11.3. The third kappa shape index (κ3) is 1.53. The Labute approximate surface area is 107 Å². The first kappa shape index (κ1) is 11.6. The fraction of sp³-hybridized carbons (Fsp3) is 0.692. The first-order chi connectivity index (χ1) is 8.67. The van der Waals surface area contributed by atoms with Gasteiger partial charge in [-0.2, -0.15) is 5.10 Å². The van der Waals surface area contributed by atoms with Gasteiger partial charge < -0.3 is 5.73 Å². The molecule has 18 heavy (non-hydrogen) atoms. The lowest BCUT2D eigenvalue weighted by Gasteiger charge is -2.07. The Morgan fingerprint density at radius 3 is 2.83 bits per heavy atom. The van der Waals surface area contributed by atoms with Crippen molar-refractivity contribution in [2.24, 2.45) is 5.92 Å². The molecule has 2 unspecified atom stereocenters. The maximum absolute atomic E-state index is 6.10. The van der Waals surface area contributed by atoms with Crippen LogP contribution in [0.5, 0.6) is 0 Å². The van der Waals surface area contributed by atoms with Crippen LogP contribution in [0.3, 0.4) is 0 Å². The SMILES string of the molecule is CCCC1CC1n1c(N)nc2c(C)nn(CC)c21. The topological polar surface area (TPSA) is 61.7 Å². The molecule has 1 aliphatic rings. The molecule has 0 amide bonds. The van der Waals surface area contributed by atoms with Crippen LogP contribution < -0.4 is 5.73 Å². The zero-order chi connectivity index (χ0) is 12.9. The van der Waals surface area contributed by atoms with Crippen LogP contribution >= 0.6 is 0 Å². The minimum atomic E-state index is 0.538. The van der Waals surface area contributed by atoms with Gasteiger partial charge in [-0.15, -0.1) is 0 Å². The van der Waals surface area contributed by atoms with Crippen LogP contribution in [0, 0.1) is 12.8 Å². The molecule has 1 aliphatic carbocycles. The summed E-state index contributed by atoms with van der Waals surface area (Å²) in [5.74, 6) is 1.42. The van der Waals surface area contributed by atoms with Crippen molar-refractivity contribution >= 4 is 17.1 Å². The van der Waals surface area contributed by atoms with Crippen LogP contribution in [0.25, 0.3) is 11.2 Å². The van der Waals surface area contributed by atoms with E-state index in [1.54, 1.807) is 0 Å². The second-order valence-electron chi connectivity index (χ2n) is 5.27. The second kappa shape index (κ2) is 4.00. The molecule has 1 saturated carbocycles. The van der Waals surface area contributed by atoms with E-state index in [2.05, 4.69) is 28.5 Å². The molecule has 0 radical (unpaired) electrons. The van der Waals surface area contributed by atoms with Gasteiger partial charge in [-0.1, -0.05) is 13.3 Å². The molecule has 2 aromatic heterocycles. The fourth-order valence-corrected chi connectivity index (χ4v) is 2.98. The number of anilines is 1. The molecule has 98 valence electrons. The van der Waals surface area contributed by atoms with Gasteiger partial charge in [0.15, 0.2) is 5.65 Å². The van der Waals surface area contributed by atoms with Crippen molar-refractivity contribution in [1.29, 1.82) is 0 Å². The van der Waals surface area contributed by atoms with Crippen molar-refractivity contribution in [3.8, 4) is 0 Å². The van der Waals surface area contributed by atoms with E-state index in [9.17, 15) is 0 Å². The van der Waals surface area contributed by atoms with Crippen molar-refractivity contribution in [2.45, 2.75) is 52.6 Å². The minimum absolute atomic E-state index is 0.538. The van der Waals surface area contributed by atoms with E-state index in [0.717, 1.165) is 29.3 Å². The summed E-state index contributed by atoms with van der Waals surface area (Å²) in [6, 6.07) is 0.538. The predicted octanol–water partition coefficient (Wildman–Crippen LogP) is 2.50. The third-order valence-electron chi connectivity index (χ3n) is 3.95. The van der Waals surface area contributed by atoms with Gasteiger partial charge in [0, 0.05) is 12.6 Å². The molecule has 0 bridgehead atoms. The van der Waals surface area contributed by atoms with E-state index in [1.165, 1.54) is 19.3 Å². The van der Waals surface area contributed by atoms with E-state index in [0.29, 0.717) is 12.0 Å². The number of hydrogen-bond acceptors (Lipinski definition) is 3. The summed E-state index contributed by atoms with van der Waals surface area (Å²) < 4.78 is 4.23. The number of imidazole rings is 1. The van der Waals surface area contributed by atoms with Crippen molar-refractivity contribution in [1.82, 2.24) is 19.3 Å². The average molecular weight is 247 g/mol. The molecule has 0 aliphatic heterocycles. The number of rotatable bonds is 4. The van der Waals surface area contributed by atoms with E-state index >= 15 is 0 Å². The van der Waals surface area contributed by atoms with E-state index in [-0.39, 0.29) is 0 Å². The number of nitrogens with two attached hydrogens (primary N) is 1. The summed E-state index contributed by atoms with van der Waals surface area (Å²) in [5, 5.41) is 4.53. The maximum Gasteiger partial charge on any atom is 0.202 e. The smallest absolute Gasteiger partial charge is 0.202 e. The molecular formula is C13H21N5. The molecule has 5 nitrogen and oxygen atoms in total. The van der Waals surface area contributed by atoms with E-state index in [4.69, 9.17) is 5.73 Å². The molecule has 2 atom stereocenters. The lowest BCUT2D eigenvalue weighted by atomic mass is 10.2. The monoisotopic (exact) mass is 247 g/mol. The van der Waals surface area contributed by atoms with Crippen LogP contribution in [0.4, 0.5) is 5.95 Å². The van der Waals surface area contributed by atoms with Crippen molar-refractivity contribution < 1.29 is 0 Å². The predicted molar refractivity (Wildman–Crippen MR) is 72.4 cm³/mol. The summed E-state index contributed by atoms with van der Waals surface area (Å²) in [6.07, 6.45) is 3.76. The highest BCUT2D eigenvalue weighted by molar-refractivity contribution is 5.78. The van der Waals surface area contributed by atoms with Gasteiger partial charge in [-0.3, -0.25) is 4.57 Å². The van der Waals surface area contributed by atoms with E-state index < -0.39 is 0 Å². The number of nitrogen functional groups attached to an aromatic ring is 1. The normalized spacial score (nSPS) is 22.8. The molecule has 0 aromatic carbocycles. The Morgan fingerprint density at radius 1 is 1.39 bits per heavy atom.